The standard InChI is InChI=1S/C22H18BrN3O2S2/c1-28-19-15(10-12-6-2-3-7-13(12)18(19)23)20(27)25-22(29)26-21-16(11-24)14-8-4-5-9-17(14)30-21/h2-3,6-7,10H,4-5,8-9H2,1H3,(H2,25,26,27,29). The van der Waals surface area contributed by atoms with Crippen molar-refractivity contribution in [3.63, 3.8) is 0 Å². The van der Waals surface area contributed by atoms with Crippen molar-refractivity contribution < 1.29 is 9.53 Å². The monoisotopic (exact) mass is 499 g/mol. The molecule has 3 aromatic rings. The number of halogens is 1. The molecule has 1 aromatic heterocycles. The molecule has 4 rings (SSSR count). The molecule has 1 amide bonds. The number of nitriles is 1. The van der Waals surface area contributed by atoms with E-state index in [1.165, 1.54) is 12.0 Å². The summed E-state index contributed by atoms with van der Waals surface area (Å²) in [7, 11) is 1.53. The molecule has 1 heterocycles. The molecule has 0 aliphatic heterocycles. The maximum absolute atomic E-state index is 13.0. The highest BCUT2D eigenvalue weighted by Gasteiger charge is 2.23. The number of aryl methyl sites for hydroxylation is 1. The van der Waals surface area contributed by atoms with Gasteiger partial charge >= 0.3 is 0 Å². The molecule has 0 saturated heterocycles. The Balaban J connectivity index is 1.58. The predicted molar refractivity (Wildman–Crippen MR) is 128 cm³/mol. The van der Waals surface area contributed by atoms with Crippen molar-refractivity contribution in [3.8, 4) is 11.8 Å². The SMILES string of the molecule is COc1c(C(=O)NC(=S)Nc2sc3c(c2C#N)CCCC3)cc2ccccc2c1Br. The molecule has 5 nitrogen and oxygen atoms in total. The van der Waals surface area contributed by atoms with Crippen molar-refractivity contribution in [2.75, 3.05) is 12.4 Å². The van der Waals surface area contributed by atoms with E-state index in [1.807, 2.05) is 24.3 Å². The van der Waals surface area contributed by atoms with E-state index >= 15 is 0 Å². The first kappa shape index (κ1) is 20.8. The number of carbonyl (C=O) groups is 1. The fourth-order valence-corrected chi connectivity index (χ4v) is 5.97. The van der Waals surface area contributed by atoms with E-state index in [1.54, 1.807) is 17.4 Å². The second-order valence-corrected chi connectivity index (χ2v) is 9.23. The number of nitrogens with zero attached hydrogens (tertiary/aromatic N) is 1. The van der Waals surface area contributed by atoms with Crippen LogP contribution in [0.1, 0.15) is 39.2 Å². The summed E-state index contributed by atoms with van der Waals surface area (Å²) < 4.78 is 6.20. The van der Waals surface area contributed by atoms with Gasteiger partial charge in [0.25, 0.3) is 5.91 Å². The third kappa shape index (κ3) is 3.81. The Morgan fingerprint density at radius 2 is 2.07 bits per heavy atom. The Bertz CT molecular complexity index is 1210. The van der Waals surface area contributed by atoms with E-state index in [0.717, 1.165) is 42.0 Å². The quantitative estimate of drug-likeness (QED) is 0.462. The predicted octanol–water partition coefficient (Wildman–Crippen LogP) is 5.55. The average molecular weight is 500 g/mol. The van der Waals surface area contributed by atoms with Gasteiger partial charge in [-0.2, -0.15) is 5.26 Å². The number of anilines is 1. The van der Waals surface area contributed by atoms with E-state index in [-0.39, 0.29) is 11.0 Å². The van der Waals surface area contributed by atoms with E-state index < -0.39 is 0 Å². The molecule has 0 unspecified atom stereocenters. The maximum atomic E-state index is 13.0. The number of methoxy groups -OCH3 is 1. The fourth-order valence-electron chi connectivity index (χ4n) is 3.73. The van der Waals surface area contributed by atoms with Crippen molar-refractivity contribution >= 4 is 66.3 Å². The summed E-state index contributed by atoms with van der Waals surface area (Å²) in [6, 6.07) is 11.8. The van der Waals surface area contributed by atoms with Crippen LogP contribution in [-0.4, -0.2) is 18.1 Å². The molecule has 2 aromatic carbocycles. The zero-order chi connectivity index (χ0) is 21.3. The third-order valence-electron chi connectivity index (χ3n) is 5.13. The van der Waals surface area contributed by atoms with Gasteiger partial charge in [-0.05, 0) is 76.2 Å². The Labute approximate surface area is 192 Å². The average Bonchev–Trinajstić information content (AvgIpc) is 3.10. The van der Waals surface area contributed by atoms with Gasteiger partial charge in [0, 0.05) is 4.88 Å². The first-order chi connectivity index (χ1) is 14.5. The Morgan fingerprint density at radius 3 is 2.83 bits per heavy atom. The van der Waals surface area contributed by atoms with Crippen LogP contribution < -0.4 is 15.4 Å². The van der Waals surface area contributed by atoms with Crippen molar-refractivity contribution in [3.05, 3.63) is 56.4 Å². The fraction of sp³-hybridized carbons (Fsp3) is 0.227. The van der Waals surface area contributed by atoms with Crippen molar-refractivity contribution in [1.29, 1.82) is 5.26 Å². The lowest BCUT2D eigenvalue weighted by atomic mass is 9.96. The van der Waals surface area contributed by atoms with Gasteiger partial charge in [0.1, 0.15) is 16.8 Å². The van der Waals surface area contributed by atoms with Crippen LogP contribution >= 0.6 is 39.5 Å². The molecule has 0 saturated carbocycles. The second-order valence-electron chi connectivity index (χ2n) is 6.93. The summed E-state index contributed by atoms with van der Waals surface area (Å²) in [5.74, 6) is 0.0638. The molecule has 0 radical (unpaired) electrons. The highest BCUT2D eigenvalue weighted by Crippen LogP contribution is 2.38. The number of rotatable bonds is 3. The lowest BCUT2D eigenvalue weighted by Gasteiger charge is -2.14. The van der Waals surface area contributed by atoms with Crippen LogP contribution in [0.4, 0.5) is 5.00 Å². The Morgan fingerprint density at radius 1 is 1.30 bits per heavy atom. The smallest absolute Gasteiger partial charge is 0.261 e. The zero-order valence-electron chi connectivity index (χ0n) is 16.2. The number of ether oxygens (including phenoxy) is 1. The van der Waals surface area contributed by atoms with Crippen LogP contribution in [-0.2, 0) is 12.8 Å². The molecule has 0 atom stereocenters. The molecule has 1 aliphatic carbocycles. The minimum absolute atomic E-state index is 0.154. The molecular formula is C22H18BrN3O2S2. The number of amides is 1. The highest BCUT2D eigenvalue weighted by atomic mass is 79.9. The molecule has 8 heteroatoms. The Kier molecular flexibility index (Phi) is 6.04. The summed E-state index contributed by atoms with van der Waals surface area (Å²) >= 11 is 10.5. The number of benzene rings is 2. The van der Waals surface area contributed by atoms with Gasteiger partial charge < -0.3 is 10.1 Å². The van der Waals surface area contributed by atoms with Gasteiger partial charge in [0.15, 0.2) is 5.11 Å². The lowest BCUT2D eigenvalue weighted by Crippen LogP contribution is -2.34. The van der Waals surface area contributed by atoms with Crippen LogP contribution in [0, 0.1) is 11.3 Å². The minimum Gasteiger partial charge on any atom is -0.495 e. The van der Waals surface area contributed by atoms with E-state index in [0.29, 0.717) is 26.4 Å². The molecular weight excluding hydrogens is 482 g/mol. The number of thiophene rings is 1. The van der Waals surface area contributed by atoms with Crippen LogP contribution in [0.15, 0.2) is 34.8 Å². The summed E-state index contributed by atoms with van der Waals surface area (Å²) in [5, 5.41) is 18.1. The normalized spacial score (nSPS) is 12.7. The minimum atomic E-state index is -0.379. The number of nitrogens with one attached hydrogen (secondary N) is 2. The van der Waals surface area contributed by atoms with Crippen molar-refractivity contribution in [2.45, 2.75) is 25.7 Å². The summed E-state index contributed by atoms with van der Waals surface area (Å²) in [6.45, 7) is 0. The molecule has 0 spiro atoms. The second kappa shape index (κ2) is 8.72. The summed E-state index contributed by atoms with van der Waals surface area (Å²) in [6.07, 6.45) is 4.13. The van der Waals surface area contributed by atoms with Crippen LogP contribution in [0.25, 0.3) is 10.8 Å². The summed E-state index contributed by atoms with van der Waals surface area (Å²) in [4.78, 5) is 14.2. The van der Waals surface area contributed by atoms with Crippen LogP contribution in [0.2, 0.25) is 0 Å². The van der Waals surface area contributed by atoms with Gasteiger partial charge in [-0.25, -0.2) is 0 Å². The van der Waals surface area contributed by atoms with Gasteiger partial charge in [0.2, 0.25) is 0 Å². The Hall–Kier alpha value is -2.47. The first-order valence-corrected chi connectivity index (χ1v) is 11.5. The molecule has 30 heavy (non-hydrogen) atoms. The van der Waals surface area contributed by atoms with Gasteiger partial charge in [-0.15, -0.1) is 11.3 Å². The van der Waals surface area contributed by atoms with Gasteiger partial charge in [-0.1, -0.05) is 24.3 Å². The van der Waals surface area contributed by atoms with E-state index in [2.05, 4.69) is 32.6 Å². The molecule has 1 aliphatic rings. The van der Waals surface area contributed by atoms with Crippen molar-refractivity contribution in [1.82, 2.24) is 5.32 Å². The topological polar surface area (TPSA) is 74.2 Å². The van der Waals surface area contributed by atoms with E-state index in [4.69, 9.17) is 17.0 Å². The zero-order valence-corrected chi connectivity index (χ0v) is 19.4. The number of fused-ring (bicyclic) bond motifs is 2. The first-order valence-electron chi connectivity index (χ1n) is 9.45. The van der Waals surface area contributed by atoms with Gasteiger partial charge in [0.05, 0.1) is 22.7 Å². The molecule has 0 fully saturated rings. The number of hydrogen-bond acceptors (Lipinski definition) is 5. The highest BCUT2D eigenvalue weighted by molar-refractivity contribution is 9.10. The number of thiocarbonyl (C=S) groups is 1. The van der Waals surface area contributed by atoms with Crippen LogP contribution in [0.3, 0.4) is 0 Å². The number of carbonyl (C=O) groups excluding carboxylic acids is 1. The largest absolute Gasteiger partial charge is 0.495 e. The third-order valence-corrected chi connectivity index (χ3v) is 7.33. The summed E-state index contributed by atoms with van der Waals surface area (Å²) in [5.41, 5.74) is 2.13. The van der Waals surface area contributed by atoms with Crippen LogP contribution in [0.5, 0.6) is 5.75 Å². The van der Waals surface area contributed by atoms with Gasteiger partial charge in [-0.3, -0.25) is 10.1 Å². The molecule has 2 N–H and O–H groups in total. The van der Waals surface area contributed by atoms with Crippen molar-refractivity contribution in [2.24, 2.45) is 0 Å². The molecule has 0 bridgehead atoms. The maximum Gasteiger partial charge on any atom is 0.261 e. The lowest BCUT2D eigenvalue weighted by molar-refractivity contribution is 0.0975. The number of hydrogen-bond donors (Lipinski definition) is 2. The van der Waals surface area contributed by atoms with E-state index in [9.17, 15) is 10.1 Å². The molecule has 152 valence electrons.